The normalized spacial score (nSPS) is 9.56. The van der Waals surface area contributed by atoms with Gasteiger partial charge in [-0.2, -0.15) is 0 Å². The molecule has 0 unspecified atom stereocenters. The molecule has 1 heterocycles. The van der Waals surface area contributed by atoms with Crippen molar-refractivity contribution in [3.63, 3.8) is 0 Å². The Balaban J connectivity index is 2.31. The molecule has 80 valence electrons. The van der Waals surface area contributed by atoms with Crippen LogP contribution >= 0.6 is 11.3 Å². The van der Waals surface area contributed by atoms with E-state index in [2.05, 4.69) is 11.8 Å². The summed E-state index contributed by atoms with van der Waals surface area (Å²) in [6.07, 6.45) is 0. The summed E-state index contributed by atoms with van der Waals surface area (Å²) in [5.74, 6) is 4.84. The molecule has 0 aliphatic heterocycles. The largest absolute Gasteiger partial charge is 0.456 e. The van der Waals surface area contributed by atoms with Crippen LogP contribution in [0.1, 0.15) is 12.5 Å². The summed E-state index contributed by atoms with van der Waals surface area (Å²) in [5, 5.41) is 3.04. The summed E-state index contributed by atoms with van der Waals surface area (Å²) in [5.41, 5.74) is 0.883. The Morgan fingerprint density at radius 1 is 1.44 bits per heavy atom. The molecule has 16 heavy (non-hydrogen) atoms. The third-order valence-electron chi connectivity index (χ3n) is 2.06. The van der Waals surface area contributed by atoms with Gasteiger partial charge in [-0.3, -0.25) is 0 Å². The molecule has 1 aromatic carbocycles. The van der Waals surface area contributed by atoms with E-state index in [1.54, 1.807) is 18.3 Å². The first-order valence-corrected chi connectivity index (χ1v) is 5.84. The molecule has 0 saturated heterocycles. The Labute approximate surface area is 97.9 Å². The first-order valence-electron chi connectivity index (χ1n) is 4.96. The number of rotatable bonds is 1. The Morgan fingerprint density at radius 3 is 3.06 bits per heavy atom. The number of benzene rings is 1. The third-order valence-corrected chi connectivity index (χ3v) is 3.02. The number of esters is 1. The molecule has 3 heteroatoms. The molecule has 0 atom stereocenters. The standard InChI is InChI=1S/C13H10O2S/c1-2-15-13(14)8-7-10-9-16-12-6-4-3-5-11(10)12/h3-6,9H,2H2,1H3. The van der Waals surface area contributed by atoms with E-state index in [4.69, 9.17) is 4.74 Å². The zero-order chi connectivity index (χ0) is 11.4. The van der Waals surface area contributed by atoms with Crippen molar-refractivity contribution in [3.05, 3.63) is 35.2 Å². The highest BCUT2D eigenvalue weighted by Gasteiger charge is 2.00. The fraction of sp³-hybridized carbons (Fsp3) is 0.154. The summed E-state index contributed by atoms with van der Waals surface area (Å²) in [6.45, 7) is 2.12. The minimum Gasteiger partial charge on any atom is -0.456 e. The number of carbonyl (C=O) groups excluding carboxylic acids is 1. The summed E-state index contributed by atoms with van der Waals surface area (Å²) < 4.78 is 5.92. The molecule has 2 rings (SSSR count). The van der Waals surface area contributed by atoms with Gasteiger partial charge in [0.15, 0.2) is 0 Å². The van der Waals surface area contributed by atoms with Gasteiger partial charge in [0.1, 0.15) is 0 Å². The molecule has 1 aromatic heterocycles. The van der Waals surface area contributed by atoms with Crippen LogP contribution in [-0.2, 0) is 9.53 Å². The van der Waals surface area contributed by atoms with Gasteiger partial charge in [0.2, 0.25) is 0 Å². The van der Waals surface area contributed by atoms with Gasteiger partial charge < -0.3 is 4.74 Å². The molecule has 0 saturated carbocycles. The van der Waals surface area contributed by atoms with Crippen molar-refractivity contribution in [1.82, 2.24) is 0 Å². The lowest BCUT2D eigenvalue weighted by Crippen LogP contribution is -1.99. The first kappa shape index (κ1) is 10.7. The van der Waals surface area contributed by atoms with Crippen LogP contribution < -0.4 is 0 Å². The van der Waals surface area contributed by atoms with E-state index in [1.165, 1.54) is 4.70 Å². The van der Waals surface area contributed by atoms with Gasteiger partial charge in [0.25, 0.3) is 0 Å². The quantitative estimate of drug-likeness (QED) is 0.556. The average Bonchev–Trinajstić information content (AvgIpc) is 2.70. The van der Waals surface area contributed by atoms with Crippen LogP contribution in [0, 0.1) is 11.8 Å². The van der Waals surface area contributed by atoms with E-state index in [0.717, 1.165) is 10.9 Å². The van der Waals surface area contributed by atoms with E-state index < -0.39 is 5.97 Å². The first-order chi connectivity index (χ1) is 7.81. The lowest BCUT2D eigenvalue weighted by atomic mass is 10.2. The zero-order valence-electron chi connectivity index (χ0n) is 8.82. The highest BCUT2D eigenvalue weighted by molar-refractivity contribution is 7.17. The maximum Gasteiger partial charge on any atom is 0.384 e. The second-order valence-electron chi connectivity index (χ2n) is 3.12. The smallest absolute Gasteiger partial charge is 0.384 e. The SMILES string of the molecule is CCOC(=O)C#Cc1csc2ccccc12. The average molecular weight is 230 g/mol. The van der Waals surface area contributed by atoms with Crippen molar-refractivity contribution in [3.8, 4) is 11.8 Å². The molecular formula is C13H10O2S. The van der Waals surface area contributed by atoms with Crippen molar-refractivity contribution < 1.29 is 9.53 Å². The molecule has 2 nitrogen and oxygen atoms in total. The fourth-order valence-electron chi connectivity index (χ4n) is 1.36. The Bertz CT molecular complexity index is 572. The van der Waals surface area contributed by atoms with Gasteiger partial charge in [0.05, 0.1) is 6.61 Å². The van der Waals surface area contributed by atoms with E-state index in [-0.39, 0.29) is 0 Å². The minimum absolute atomic E-state index is 0.359. The van der Waals surface area contributed by atoms with E-state index in [9.17, 15) is 4.79 Å². The number of carbonyl (C=O) groups is 1. The van der Waals surface area contributed by atoms with Crippen molar-refractivity contribution in [2.24, 2.45) is 0 Å². The molecule has 0 N–H and O–H groups in total. The van der Waals surface area contributed by atoms with Gasteiger partial charge in [-0.1, -0.05) is 24.1 Å². The Hall–Kier alpha value is -1.79. The third kappa shape index (κ3) is 2.23. The number of hydrogen-bond acceptors (Lipinski definition) is 3. The summed E-state index contributed by atoms with van der Waals surface area (Å²) in [7, 11) is 0. The van der Waals surface area contributed by atoms with Crippen LogP contribution in [0.4, 0.5) is 0 Å². The molecule has 0 aliphatic rings. The maximum absolute atomic E-state index is 11.1. The van der Waals surface area contributed by atoms with Crippen molar-refractivity contribution in [2.75, 3.05) is 6.61 Å². The number of ether oxygens (including phenoxy) is 1. The van der Waals surface area contributed by atoms with Crippen LogP contribution in [0.25, 0.3) is 10.1 Å². The number of fused-ring (bicyclic) bond motifs is 1. The molecule has 0 fully saturated rings. The van der Waals surface area contributed by atoms with Crippen molar-refractivity contribution in [1.29, 1.82) is 0 Å². The second kappa shape index (κ2) is 4.82. The molecule has 0 aliphatic carbocycles. The van der Waals surface area contributed by atoms with Gasteiger partial charge in [-0.05, 0) is 13.0 Å². The second-order valence-corrected chi connectivity index (χ2v) is 4.03. The van der Waals surface area contributed by atoms with Crippen LogP contribution in [0.2, 0.25) is 0 Å². The van der Waals surface area contributed by atoms with Gasteiger partial charge in [-0.25, -0.2) is 4.79 Å². The summed E-state index contributed by atoms with van der Waals surface area (Å²) in [4.78, 5) is 11.1. The fourth-order valence-corrected chi connectivity index (χ4v) is 2.25. The zero-order valence-corrected chi connectivity index (χ0v) is 9.64. The molecule has 0 radical (unpaired) electrons. The lowest BCUT2D eigenvalue weighted by Gasteiger charge is -1.91. The lowest BCUT2D eigenvalue weighted by molar-refractivity contribution is -0.136. The number of hydrogen-bond donors (Lipinski definition) is 0. The maximum atomic E-state index is 11.1. The Kier molecular flexibility index (Phi) is 3.23. The van der Waals surface area contributed by atoms with Crippen LogP contribution in [-0.4, -0.2) is 12.6 Å². The predicted octanol–water partition coefficient (Wildman–Crippen LogP) is 2.82. The molecule has 0 amide bonds. The van der Waals surface area contributed by atoms with E-state index >= 15 is 0 Å². The van der Waals surface area contributed by atoms with Gasteiger partial charge in [-0.15, -0.1) is 11.3 Å². The van der Waals surface area contributed by atoms with Gasteiger partial charge >= 0.3 is 5.97 Å². The monoisotopic (exact) mass is 230 g/mol. The van der Waals surface area contributed by atoms with E-state index in [0.29, 0.717) is 6.61 Å². The summed E-state index contributed by atoms with van der Waals surface area (Å²) in [6, 6.07) is 7.99. The molecule has 0 spiro atoms. The number of thiophene rings is 1. The summed E-state index contributed by atoms with van der Waals surface area (Å²) >= 11 is 1.62. The molecule has 0 bridgehead atoms. The molecular weight excluding hydrogens is 220 g/mol. The molecule has 2 aromatic rings. The predicted molar refractivity (Wildman–Crippen MR) is 65.3 cm³/mol. The van der Waals surface area contributed by atoms with Gasteiger partial charge in [0, 0.05) is 27.0 Å². The van der Waals surface area contributed by atoms with Crippen LogP contribution in [0.3, 0.4) is 0 Å². The van der Waals surface area contributed by atoms with E-state index in [1.807, 2.05) is 29.6 Å². The minimum atomic E-state index is -0.474. The highest BCUT2D eigenvalue weighted by Crippen LogP contribution is 2.24. The van der Waals surface area contributed by atoms with Crippen molar-refractivity contribution >= 4 is 27.4 Å². The van der Waals surface area contributed by atoms with Crippen molar-refractivity contribution in [2.45, 2.75) is 6.92 Å². The Morgan fingerprint density at radius 2 is 2.25 bits per heavy atom. The van der Waals surface area contributed by atoms with Crippen LogP contribution in [0.15, 0.2) is 29.6 Å². The topological polar surface area (TPSA) is 26.3 Å². The highest BCUT2D eigenvalue weighted by atomic mass is 32.1. The van der Waals surface area contributed by atoms with Crippen LogP contribution in [0.5, 0.6) is 0 Å².